The molecular weight excluding hydrogens is 502 g/mol. The van der Waals surface area contributed by atoms with Gasteiger partial charge in [0.1, 0.15) is 22.4 Å². The van der Waals surface area contributed by atoms with Crippen LogP contribution in [0, 0.1) is 5.92 Å². The van der Waals surface area contributed by atoms with Crippen LogP contribution in [0.15, 0.2) is 17.2 Å². The minimum absolute atomic E-state index is 0.176. The largest absolute Gasteiger partial charge is 0.465 e. The van der Waals surface area contributed by atoms with Gasteiger partial charge in [-0.3, -0.25) is 4.79 Å². The Bertz CT molecular complexity index is 1050. The monoisotopic (exact) mass is 534 g/mol. The fraction of sp³-hybridized carbons (Fsp3) is 0.636. The molecule has 2 rings (SSSR count). The number of carbonyl (C=O) groups is 3. The van der Waals surface area contributed by atoms with Gasteiger partial charge < -0.3 is 20.1 Å². The first-order valence-electron chi connectivity index (χ1n) is 11.4. The Morgan fingerprint density at radius 1 is 1.17 bits per heavy atom. The Hall–Kier alpha value is -2.87. The lowest BCUT2D eigenvalue weighted by Crippen LogP contribution is -2.50. The minimum atomic E-state index is -4.53. The van der Waals surface area contributed by atoms with Crippen molar-refractivity contribution in [2.45, 2.75) is 75.8 Å². The molecule has 1 aromatic rings. The number of halogens is 2. The number of hydrogen-bond acceptors (Lipinski definition) is 8. The summed E-state index contributed by atoms with van der Waals surface area (Å²) >= 11 is 0. The third-order valence-electron chi connectivity index (χ3n) is 5.32. The highest BCUT2D eigenvalue weighted by atomic mass is 32.2. The van der Waals surface area contributed by atoms with Crippen LogP contribution in [0.2, 0.25) is 0 Å². The second kappa shape index (κ2) is 12.4. The van der Waals surface area contributed by atoms with E-state index in [1.807, 2.05) is 0 Å². The van der Waals surface area contributed by atoms with Gasteiger partial charge in [0.15, 0.2) is 0 Å². The van der Waals surface area contributed by atoms with Gasteiger partial charge in [-0.15, -0.1) is 0 Å². The van der Waals surface area contributed by atoms with Crippen LogP contribution in [-0.4, -0.2) is 63.1 Å². The second-order valence-corrected chi connectivity index (χ2v) is 11.0. The number of rotatable bonds is 9. The summed E-state index contributed by atoms with van der Waals surface area (Å²) in [5, 5.41) is 5.10. The third-order valence-corrected chi connectivity index (χ3v) is 6.77. The molecule has 3 N–H and O–H groups in total. The Balaban J connectivity index is 2.32. The van der Waals surface area contributed by atoms with Gasteiger partial charge in [0.2, 0.25) is 15.9 Å². The molecule has 11 nitrogen and oxygen atoms in total. The Morgan fingerprint density at radius 3 is 2.36 bits per heavy atom. The van der Waals surface area contributed by atoms with Gasteiger partial charge in [-0.2, -0.15) is 0 Å². The van der Waals surface area contributed by atoms with E-state index in [0.717, 1.165) is 38.6 Å². The van der Waals surface area contributed by atoms with Crippen LogP contribution in [0.1, 0.15) is 63.2 Å². The summed E-state index contributed by atoms with van der Waals surface area (Å²) in [7, 11) is -3.52. The van der Waals surface area contributed by atoms with Crippen molar-refractivity contribution in [1.82, 2.24) is 15.0 Å². The Morgan fingerprint density at radius 2 is 1.81 bits per heavy atom. The van der Waals surface area contributed by atoms with Crippen LogP contribution in [0.4, 0.5) is 19.4 Å². The zero-order valence-corrected chi connectivity index (χ0v) is 21.4. The predicted octanol–water partition coefficient (Wildman–Crippen LogP) is 2.82. The maximum atomic E-state index is 13.2. The fourth-order valence-electron chi connectivity index (χ4n) is 3.75. The highest BCUT2D eigenvalue weighted by molar-refractivity contribution is 7.89. The number of anilines is 1. The molecule has 1 atom stereocenters. The Kier molecular flexibility index (Phi) is 10.1. The molecule has 1 saturated carbocycles. The highest BCUT2D eigenvalue weighted by Crippen LogP contribution is 2.28. The van der Waals surface area contributed by atoms with E-state index in [0.29, 0.717) is 12.8 Å². The average molecular weight is 535 g/mol. The van der Waals surface area contributed by atoms with Gasteiger partial charge in [0, 0.05) is 0 Å². The third kappa shape index (κ3) is 8.66. The van der Waals surface area contributed by atoms with Crippen LogP contribution in [0.5, 0.6) is 0 Å². The first kappa shape index (κ1) is 29.4. The normalized spacial score (nSPS) is 15.8. The van der Waals surface area contributed by atoms with Gasteiger partial charge in [0.05, 0.1) is 25.4 Å². The van der Waals surface area contributed by atoms with Gasteiger partial charge in [-0.1, -0.05) is 19.3 Å². The SMILES string of the molecule is COC(=O)c1cc(NC(=O)[C@@H](NC(=O)OC(C)(C)C)C2CCCCC2)ncc1S(=O)(=O)NCC(F)F. The molecule has 36 heavy (non-hydrogen) atoms. The number of alkyl carbamates (subject to hydrolysis) is 1. The van der Waals surface area contributed by atoms with Gasteiger partial charge >= 0.3 is 12.1 Å². The maximum Gasteiger partial charge on any atom is 0.408 e. The number of methoxy groups -OCH3 is 1. The molecule has 2 amide bonds. The maximum absolute atomic E-state index is 13.2. The molecule has 0 aliphatic heterocycles. The topological polar surface area (TPSA) is 153 Å². The molecular formula is C22H32F2N4O7S. The van der Waals surface area contributed by atoms with Crippen molar-refractivity contribution in [3.8, 4) is 0 Å². The van der Waals surface area contributed by atoms with E-state index in [1.165, 1.54) is 0 Å². The fourth-order valence-corrected chi connectivity index (χ4v) is 4.87. The first-order chi connectivity index (χ1) is 16.7. The number of ether oxygens (including phenoxy) is 2. The molecule has 0 saturated heterocycles. The lowest BCUT2D eigenvalue weighted by molar-refractivity contribution is -0.119. The van der Waals surface area contributed by atoms with Crippen LogP contribution >= 0.6 is 0 Å². The summed E-state index contributed by atoms with van der Waals surface area (Å²) in [4.78, 5) is 41.0. The first-order valence-corrected chi connectivity index (χ1v) is 12.9. The van der Waals surface area contributed by atoms with Crippen molar-refractivity contribution in [3.63, 3.8) is 0 Å². The molecule has 1 aliphatic carbocycles. The molecule has 1 aromatic heterocycles. The quantitative estimate of drug-likeness (QED) is 0.409. The average Bonchev–Trinajstić information content (AvgIpc) is 2.80. The number of hydrogen-bond donors (Lipinski definition) is 3. The zero-order chi connectivity index (χ0) is 27.1. The van der Waals surface area contributed by atoms with Crippen molar-refractivity contribution in [2.24, 2.45) is 5.92 Å². The summed E-state index contributed by atoms with van der Waals surface area (Å²) < 4.78 is 61.4. The lowest BCUT2D eigenvalue weighted by atomic mass is 9.83. The van der Waals surface area contributed by atoms with E-state index in [4.69, 9.17) is 4.74 Å². The number of esters is 1. The van der Waals surface area contributed by atoms with E-state index in [-0.39, 0.29) is 11.7 Å². The van der Waals surface area contributed by atoms with Crippen molar-refractivity contribution in [3.05, 3.63) is 17.8 Å². The second-order valence-electron chi connectivity index (χ2n) is 9.31. The van der Waals surface area contributed by atoms with Crippen LogP contribution in [0.25, 0.3) is 0 Å². The molecule has 202 valence electrons. The highest BCUT2D eigenvalue weighted by Gasteiger charge is 2.33. The molecule has 0 bridgehead atoms. The number of sulfonamides is 1. The lowest BCUT2D eigenvalue weighted by Gasteiger charge is -2.30. The molecule has 0 radical (unpaired) electrons. The molecule has 0 aromatic carbocycles. The summed E-state index contributed by atoms with van der Waals surface area (Å²) in [5.74, 6) is -2.09. The van der Waals surface area contributed by atoms with E-state index in [2.05, 4.69) is 20.4 Å². The van der Waals surface area contributed by atoms with Crippen LogP contribution in [-0.2, 0) is 24.3 Å². The van der Waals surface area contributed by atoms with Crippen molar-refractivity contribution < 1.29 is 41.1 Å². The van der Waals surface area contributed by atoms with Crippen LogP contribution in [0.3, 0.4) is 0 Å². The van der Waals surface area contributed by atoms with Gasteiger partial charge in [0.25, 0.3) is 6.43 Å². The molecule has 0 spiro atoms. The molecule has 0 unspecified atom stereocenters. The molecule has 1 fully saturated rings. The van der Waals surface area contributed by atoms with E-state index in [1.54, 1.807) is 25.5 Å². The molecule has 1 aliphatic rings. The standard InChI is InChI=1S/C22H32F2N4O7S/c1-22(2,3)35-21(31)28-18(13-8-6-5-7-9-13)19(29)27-17-10-14(20(30)34-4)15(11-25-17)36(32,33)26-12-16(23)24/h10-11,13,16,18,26H,5-9,12H2,1-4H3,(H,28,31)(H,25,27,29)/t18-/m0/s1. The van der Waals surface area contributed by atoms with Crippen molar-refractivity contribution in [1.29, 1.82) is 0 Å². The number of amides is 2. The van der Waals surface area contributed by atoms with E-state index >= 15 is 0 Å². The van der Waals surface area contributed by atoms with Crippen molar-refractivity contribution in [2.75, 3.05) is 19.0 Å². The van der Waals surface area contributed by atoms with E-state index in [9.17, 15) is 31.6 Å². The summed E-state index contributed by atoms with van der Waals surface area (Å²) in [6.45, 7) is 3.89. The zero-order valence-electron chi connectivity index (χ0n) is 20.6. The predicted molar refractivity (Wildman–Crippen MR) is 125 cm³/mol. The Labute approximate surface area is 208 Å². The number of nitrogens with one attached hydrogen (secondary N) is 3. The summed E-state index contributed by atoms with van der Waals surface area (Å²) in [6, 6.07) is -0.00819. The number of nitrogens with zero attached hydrogens (tertiary/aromatic N) is 1. The van der Waals surface area contributed by atoms with Crippen molar-refractivity contribution >= 4 is 33.8 Å². The molecule has 14 heteroatoms. The van der Waals surface area contributed by atoms with E-state index < -0.39 is 63.1 Å². The number of pyridine rings is 1. The number of alkyl halides is 2. The summed E-state index contributed by atoms with van der Waals surface area (Å²) in [5.41, 5.74) is -1.30. The minimum Gasteiger partial charge on any atom is -0.465 e. The number of carbonyl (C=O) groups excluding carboxylic acids is 3. The smallest absolute Gasteiger partial charge is 0.408 e. The van der Waals surface area contributed by atoms with Crippen LogP contribution < -0.4 is 15.4 Å². The van der Waals surface area contributed by atoms with Gasteiger partial charge in [-0.05, 0) is 45.6 Å². The summed E-state index contributed by atoms with van der Waals surface area (Å²) in [6.07, 6.45) is 1.19. The number of aromatic nitrogens is 1. The molecule has 1 heterocycles. The van der Waals surface area contributed by atoms with Gasteiger partial charge in [-0.25, -0.2) is 36.5 Å².